The second-order valence-corrected chi connectivity index (χ2v) is 12.9. The van der Waals surface area contributed by atoms with Crippen LogP contribution in [-0.2, 0) is 20.8 Å². The molecule has 2 fully saturated rings. The average Bonchev–Trinajstić information content (AvgIpc) is 3.35. The maximum absolute atomic E-state index is 4.93. The molecule has 0 bridgehead atoms. The number of hydrogen-bond donors (Lipinski definition) is 0. The molecule has 0 atom stereocenters. The molecule has 4 rings (SSSR count). The van der Waals surface area contributed by atoms with Gasteiger partial charge >= 0.3 is 37.9 Å². The maximum atomic E-state index is 4.93. The first kappa shape index (κ1) is 30.7. The number of rotatable bonds is 4. The molecule has 0 aliphatic heterocycles. The molecule has 2 aliphatic rings. The van der Waals surface area contributed by atoms with E-state index in [0.717, 1.165) is 0 Å². The summed E-state index contributed by atoms with van der Waals surface area (Å²) in [7, 11) is 18.1. The Labute approximate surface area is 234 Å². The number of anilines is 2. The van der Waals surface area contributed by atoms with E-state index < -0.39 is 20.8 Å². The van der Waals surface area contributed by atoms with Gasteiger partial charge in [-0.2, -0.15) is 0 Å². The monoisotopic (exact) mass is 584 g/mol. The molecule has 2 nitrogen and oxygen atoms in total. The number of benzene rings is 2. The predicted molar refractivity (Wildman–Crippen MR) is 151 cm³/mol. The third kappa shape index (κ3) is 9.39. The molecular weight excluding hydrogens is 550 g/mol. The Morgan fingerprint density at radius 1 is 0.486 bits per heavy atom. The molecule has 2 aromatic rings. The molecule has 0 N–H and O–H groups in total. The standard InChI is InChI=1S/2C15H18N.2ClH.Zr/c2*1-11-9-14(10-12(11)2)13-5-7-15(8-6-13)16(3)4;;;/h2*5-10H,1-4H3;2*1H;/q;;;;+4/p-2. The van der Waals surface area contributed by atoms with E-state index >= 15 is 0 Å². The van der Waals surface area contributed by atoms with Crippen molar-refractivity contribution in [3.05, 3.63) is 121 Å². The minimum atomic E-state index is -0.826. The van der Waals surface area contributed by atoms with E-state index in [1.807, 2.05) is 0 Å². The van der Waals surface area contributed by atoms with E-state index in [1.165, 1.54) is 58.0 Å². The van der Waals surface area contributed by atoms with Gasteiger partial charge in [0.05, 0.1) is 0 Å². The summed E-state index contributed by atoms with van der Waals surface area (Å²) in [6, 6.07) is 17.4. The molecule has 0 aromatic heterocycles. The molecule has 10 radical (unpaired) electrons. The molecule has 0 heterocycles. The summed E-state index contributed by atoms with van der Waals surface area (Å²) in [5, 5.41) is 0. The van der Waals surface area contributed by atoms with Crippen molar-refractivity contribution in [2.45, 2.75) is 27.7 Å². The fraction of sp³-hybridized carbons (Fsp3) is 0.267. The molecular formula is C30H36Cl2N2Zr+2. The van der Waals surface area contributed by atoms with E-state index in [4.69, 9.17) is 17.0 Å². The van der Waals surface area contributed by atoms with Crippen molar-refractivity contribution in [2.75, 3.05) is 38.0 Å². The summed E-state index contributed by atoms with van der Waals surface area (Å²) >= 11 is -0.826. The summed E-state index contributed by atoms with van der Waals surface area (Å²) in [6.45, 7) is 8.64. The van der Waals surface area contributed by atoms with E-state index in [1.54, 1.807) is 0 Å². The third-order valence-corrected chi connectivity index (χ3v) is 6.17. The van der Waals surface area contributed by atoms with Crippen LogP contribution in [0.5, 0.6) is 0 Å². The van der Waals surface area contributed by atoms with Crippen LogP contribution in [0, 0.1) is 61.2 Å². The van der Waals surface area contributed by atoms with Crippen LogP contribution in [0.4, 0.5) is 11.4 Å². The van der Waals surface area contributed by atoms with Gasteiger partial charge in [-0.1, -0.05) is 52.0 Å². The van der Waals surface area contributed by atoms with Crippen LogP contribution in [0.15, 0.2) is 48.5 Å². The van der Waals surface area contributed by atoms with Crippen LogP contribution in [0.2, 0.25) is 0 Å². The minimum absolute atomic E-state index is 0.826. The first-order valence-electron chi connectivity index (χ1n) is 11.6. The zero-order valence-corrected chi connectivity index (χ0v) is 26.0. The molecule has 35 heavy (non-hydrogen) atoms. The quantitative estimate of drug-likeness (QED) is 0.359. The Hall–Kier alpha value is -0.497. The van der Waals surface area contributed by atoms with E-state index in [2.05, 4.69) is 140 Å². The van der Waals surface area contributed by atoms with Crippen LogP contribution in [0.1, 0.15) is 38.8 Å². The van der Waals surface area contributed by atoms with Gasteiger partial charge in [-0.25, -0.2) is 0 Å². The first-order valence-corrected chi connectivity index (χ1v) is 17.9. The van der Waals surface area contributed by atoms with E-state index in [9.17, 15) is 0 Å². The van der Waals surface area contributed by atoms with Crippen molar-refractivity contribution in [1.29, 1.82) is 0 Å². The molecule has 0 saturated heterocycles. The van der Waals surface area contributed by atoms with Crippen LogP contribution >= 0.6 is 17.0 Å². The van der Waals surface area contributed by atoms with Gasteiger partial charge in [0.1, 0.15) is 0 Å². The summed E-state index contributed by atoms with van der Waals surface area (Å²) in [4.78, 5) is 4.23. The Morgan fingerprint density at radius 2 is 0.714 bits per heavy atom. The van der Waals surface area contributed by atoms with Gasteiger partial charge in [0.2, 0.25) is 0 Å². The topological polar surface area (TPSA) is 6.48 Å². The van der Waals surface area contributed by atoms with Crippen molar-refractivity contribution >= 4 is 28.4 Å². The molecule has 2 aromatic carbocycles. The van der Waals surface area contributed by atoms with Crippen molar-refractivity contribution in [3.8, 4) is 0 Å². The summed E-state index contributed by atoms with van der Waals surface area (Å²) in [6.07, 6.45) is 9.00. The van der Waals surface area contributed by atoms with Gasteiger partial charge < -0.3 is 9.80 Å². The Balaban J connectivity index is 0.000000222. The SMILES string of the molecule is C[C]1[CH][C](c2ccc(N(C)C)cc2)[CH][C]1C.C[C]1[CH][C](c2ccc(N(C)C)cc2)[CH][C]1C.[Cl][Zr+2][Cl]. The van der Waals surface area contributed by atoms with E-state index in [0.29, 0.717) is 0 Å². The van der Waals surface area contributed by atoms with Crippen LogP contribution in [0.3, 0.4) is 0 Å². The zero-order chi connectivity index (χ0) is 26.1. The summed E-state index contributed by atoms with van der Waals surface area (Å²) in [5.41, 5.74) is 5.07. The van der Waals surface area contributed by atoms with Crippen LogP contribution in [0.25, 0.3) is 0 Å². The van der Waals surface area contributed by atoms with Crippen molar-refractivity contribution in [3.63, 3.8) is 0 Å². The third-order valence-electron chi connectivity index (χ3n) is 6.17. The molecule has 5 heteroatoms. The Morgan fingerprint density at radius 3 is 0.914 bits per heavy atom. The molecule has 2 saturated carbocycles. The van der Waals surface area contributed by atoms with Gasteiger partial charge in [0, 0.05) is 51.4 Å². The fourth-order valence-corrected chi connectivity index (χ4v) is 3.71. The predicted octanol–water partition coefficient (Wildman–Crippen LogP) is 7.95. The van der Waals surface area contributed by atoms with Crippen molar-refractivity contribution < 1.29 is 20.8 Å². The Kier molecular flexibility index (Phi) is 13.2. The van der Waals surface area contributed by atoms with Gasteiger partial charge in [-0.3, -0.25) is 0 Å². The van der Waals surface area contributed by atoms with Crippen molar-refractivity contribution in [2.24, 2.45) is 0 Å². The second kappa shape index (κ2) is 15.0. The molecule has 0 amide bonds. The van der Waals surface area contributed by atoms with Gasteiger partial charge in [0.15, 0.2) is 0 Å². The molecule has 182 valence electrons. The summed E-state index contributed by atoms with van der Waals surface area (Å²) < 4.78 is 0. The van der Waals surface area contributed by atoms with Gasteiger partial charge in [-0.05, 0) is 84.7 Å². The average molecular weight is 587 g/mol. The van der Waals surface area contributed by atoms with Crippen LogP contribution in [-0.4, -0.2) is 28.2 Å². The Bertz CT molecular complexity index is 762. The van der Waals surface area contributed by atoms with E-state index in [-0.39, 0.29) is 0 Å². The summed E-state index contributed by atoms with van der Waals surface area (Å²) in [5.74, 6) is 8.11. The van der Waals surface area contributed by atoms with Crippen LogP contribution < -0.4 is 9.80 Å². The van der Waals surface area contributed by atoms with Gasteiger partial charge in [0.25, 0.3) is 0 Å². The zero-order valence-electron chi connectivity index (χ0n) is 22.1. The first-order chi connectivity index (χ1) is 16.6. The number of halogens is 2. The van der Waals surface area contributed by atoms with Gasteiger partial charge in [-0.15, -0.1) is 0 Å². The van der Waals surface area contributed by atoms with Crippen molar-refractivity contribution in [1.82, 2.24) is 0 Å². The number of nitrogens with zero attached hydrogens (tertiary/aromatic N) is 2. The molecule has 0 spiro atoms. The molecule has 0 unspecified atom stereocenters. The molecule has 2 aliphatic carbocycles. The normalized spacial score (nSPS) is 17.9. The second-order valence-electron chi connectivity index (χ2n) is 9.17. The fourth-order valence-electron chi connectivity index (χ4n) is 3.71. The number of hydrogen-bond acceptors (Lipinski definition) is 2.